The third-order valence-corrected chi connectivity index (χ3v) is 2.71. The van der Waals surface area contributed by atoms with E-state index in [1.165, 1.54) is 20.0 Å². The molecule has 1 aliphatic heterocycles. The van der Waals surface area contributed by atoms with E-state index < -0.39 is 0 Å². The fraction of sp³-hybridized carbons (Fsp3) is 0.900. The van der Waals surface area contributed by atoms with Gasteiger partial charge in [-0.15, -0.1) is 12.4 Å². The molecule has 0 aromatic heterocycles. The Hall–Kier alpha value is -0.320. The third-order valence-electron chi connectivity index (χ3n) is 2.71. The highest BCUT2D eigenvalue weighted by atomic mass is 35.5. The number of halogens is 1. The number of carbonyl (C=O) groups excluding carboxylic acids is 1. The maximum Gasteiger partial charge on any atom is 0.306 e. The van der Waals surface area contributed by atoms with Crippen molar-refractivity contribution in [3.8, 4) is 0 Å². The molecule has 1 heterocycles. The maximum absolute atomic E-state index is 10.8. The van der Waals surface area contributed by atoms with Crippen molar-refractivity contribution in [1.82, 2.24) is 10.2 Å². The van der Waals surface area contributed by atoms with Gasteiger partial charge in [-0.05, 0) is 33.0 Å². The summed E-state index contributed by atoms with van der Waals surface area (Å²) in [7, 11) is 3.57. The first-order valence-electron chi connectivity index (χ1n) is 5.21. The van der Waals surface area contributed by atoms with Gasteiger partial charge < -0.3 is 15.0 Å². The van der Waals surface area contributed by atoms with Crippen LogP contribution in [-0.4, -0.2) is 50.7 Å². The summed E-state index contributed by atoms with van der Waals surface area (Å²) in [5.41, 5.74) is 0. The molecular weight excluding hydrogens is 216 g/mol. The largest absolute Gasteiger partial charge is 0.469 e. The zero-order chi connectivity index (χ0) is 10.4. The zero-order valence-corrected chi connectivity index (χ0v) is 10.3. The van der Waals surface area contributed by atoms with Crippen LogP contribution in [0, 0.1) is 0 Å². The van der Waals surface area contributed by atoms with E-state index in [4.69, 9.17) is 0 Å². The van der Waals surface area contributed by atoms with Gasteiger partial charge in [0.25, 0.3) is 0 Å². The van der Waals surface area contributed by atoms with Crippen molar-refractivity contribution in [2.24, 2.45) is 0 Å². The van der Waals surface area contributed by atoms with E-state index in [0.717, 1.165) is 19.6 Å². The van der Waals surface area contributed by atoms with Gasteiger partial charge >= 0.3 is 5.97 Å². The monoisotopic (exact) mass is 236 g/mol. The van der Waals surface area contributed by atoms with Crippen molar-refractivity contribution in [2.45, 2.75) is 25.3 Å². The van der Waals surface area contributed by atoms with Gasteiger partial charge in [-0.1, -0.05) is 0 Å². The highest BCUT2D eigenvalue weighted by Gasteiger charge is 2.15. The third kappa shape index (κ3) is 5.97. The fourth-order valence-electron chi connectivity index (χ4n) is 1.69. The van der Waals surface area contributed by atoms with E-state index in [2.05, 4.69) is 22.0 Å². The van der Waals surface area contributed by atoms with E-state index in [0.29, 0.717) is 12.5 Å². The summed E-state index contributed by atoms with van der Waals surface area (Å²) in [5.74, 6) is -0.134. The number of nitrogens with zero attached hydrogens (tertiary/aromatic N) is 1. The standard InChI is InChI=1S/C10H20N2O2.ClH/c1-12-7-4-9(5-8-12)11-6-3-10(13)14-2;/h9,11H,3-8H2,1-2H3;1H. The number of likely N-dealkylation sites (tertiary alicyclic amines) is 1. The first kappa shape index (κ1) is 14.7. The summed E-state index contributed by atoms with van der Waals surface area (Å²) in [6.45, 7) is 3.03. The van der Waals surface area contributed by atoms with Gasteiger partial charge in [-0.25, -0.2) is 0 Å². The Morgan fingerprint density at radius 1 is 1.47 bits per heavy atom. The van der Waals surface area contributed by atoms with Crippen molar-refractivity contribution in [2.75, 3.05) is 33.8 Å². The average Bonchev–Trinajstić information content (AvgIpc) is 2.21. The Morgan fingerprint density at radius 2 is 2.07 bits per heavy atom. The van der Waals surface area contributed by atoms with Crippen molar-refractivity contribution in [1.29, 1.82) is 0 Å². The summed E-state index contributed by atoms with van der Waals surface area (Å²) in [6, 6.07) is 0.579. The van der Waals surface area contributed by atoms with Crippen LogP contribution < -0.4 is 5.32 Å². The summed E-state index contributed by atoms with van der Waals surface area (Å²) >= 11 is 0. The predicted octanol–water partition coefficient (Wildman–Crippen LogP) is 0.655. The molecule has 1 N–H and O–H groups in total. The summed E-state index contributed by atoms with van der Waals surface area (Å²) in [5, 5.41) is 3.38. The van der Waals surface area contributed by atoms with Crippen molar-refractivity contribution < 1.29 is 9.53 Å². The van der Waals surface area contributed by atoms with Crippen LogP contribution in [0.25, 0.3) is 0 Å². The number of esters is 1. The van der Waals surface area contributed by atoms with Gasteiger partial charge in [0.2, 0.25) is 0 Å². The van der Waals surface area contributed by atoms with Crippen LogP contribution >= 0.6 is 12.4 Å². The topological polar surface area (TPSA) is 41.6 Å². The van der Waals surface area contributed by atoms with Gasteiger partial charge in [0, 0.05) is 12.6 Å². The highest BCUT2D eigenvalue weighted by Crippen LogP contribution is 2.07. The van der Waals surface area contributed by atoms with Gasteiger partial charge in [0.05, 0.1) is 13.5 Å². The van der Waals surface area contributed by atoms with E-state index in [1.807, 2.05) is 0 Å². The van der Waals surface area contributed by atoms with Crippen LogP contribution in [0.1, 0.15) is 19.3 Å². The molecule has 0 aliphatic carbocycles. The van der Waals surface area contributed by atoms with E-state index in [1.54, 1.807) is 0 Å². The second-order valence-corrected chi connectivity index (χ2v) is 3.86. The predicted molar refractivity (Wildman–Crippen MR) is 62.4 cm³/mol. The molecule has 90 valence electrons. The molecule has 0 radical (unpaired) electrons. The van der Waals surface area contributed by atoms with Crippen LogP contribution in [-0.2, 0) is 9.53 Å². The molecule has 0 atom stereocenters. The second-order valence-electron chi connectivity index (χ2n) is 3.86. The lowest BCUT2D eigenvalue weighted by Crippen LogP contribution is -2.41. The van der Waals surface area contributed by atoms with Gasteiger partial charge in [0.1, 0.15) is 0 Å². The number of carbonyl (C=O) groups is 1. The van der Waals surface area contributed by atoms with Crippen molar-refractivity contribution in [3.63, 3.8) is 0 Å². The molecule has 1 saturated heterocycles. The Labute approximate surface area is 97.8 Å². The Morgan fingerprint density at radius 3 is 2.60 bits per heavy atom. The van der Waals surface area contributed by atoms with Gasteiger partial charge in [-0.3, -0.25) is 4.79 Å². The minimum atomic E-state index is -0.134. The quantitative estimate of drug-likeness (QED) is 0.728. The molecule has 0 spiro atoms. The molecule has 1 fully saturated rings. The molecule has 4 nitrogen and oxygen atoms in total. The molecule has 0 saturated carbocycles. The number of hydrogen-bond acceptors (Lipinski definition) is 4. The molecule has 0 amide bonds. The lowest BCUT2D eigenvalue weighted by Gasteiger charge is -2.29. The Bertz CT molecular complexity index is 182. The fourth-order valence-corrected chi connectivity index (χ4v) is 1.69. The molecule has 1 rings (SSSR count). The SMILES string of the molecule is COC(=O)CCNC1CCN(C)CC1.Cl. The lowest BCUT2D eigenvalue weighted by molar-refractivity contribution is -0.140. The molecule has 1 aliphatic rings. The van der Waals surface area contributed by atoms with Crippen LogP contribution in [0.2, 0.25) is 0 Å². The molecular formula is C10H21ClN2O2. The maximum atomic E-state index is 10.8. The van der Waals surface area contributed by atoms with E-state index >= 15 is 0 Å². The minimum Gasteiger partial charge on any atom is -0.469 e. The van der Waals surface area contributed by atoms with Crippen LogP contribution in [0.4, 0.5) is 0 Å². The molecule has 15 heavy (non-hydrogen) atoms. The van der Waals surface area contributed by atoms with Crippen molar-refractivity contribution in [3.05, 3.63) is 0 Å². The summed E-state index contributed by atoms with van der Waals surface area (Å²) in [4.78, 5) is 13.2. The Balaban J connectivity index is 0.00000196. The van der Waals surface area contributed by atoms with Crippen LogP contribution in [0.15, 0.2) is 0 Å². The zero-order valence-electron chi connectivity index (χ0n) is 9.49. The van der Waals surface area contributed by atoms with Crippen LogP contribution in [0.5, 0.6) is 0 Å². The highest BCUT2D eigenvalue weighted by molar-refractivity contribution is 5.85. The first-order valence-corrected chi connectivity index (χ1v) is 5.21. The molecule has 5 heteroatoms. The number of ether oxygens (including phenoxy) is 1. The second kappa shape index (κ2) is 7.91. The van der Waals surface area contributed by atoms with Gasteiger partial charge in [-0.2, -0.15) is 0 Å². The van der Waals surface area contributed by atoms with Crippen molar-refractivity contribution >= 4 is 18.4 Å². The molecule has 0 aromatic carbocycles. The smallest absolute Gasteiger partial charge is 0.306 e. The molecule has 0 aromatic rings. The van der Waals surface area contributed by atoms with Gasteiger partial charge in [0.15, 0.2) is 0 Å². The molecule has 0 unspecified atom stereocenters. The normalized spacial score (nSPS) is 18.3. The number of nitrogens with one attached hydrogen (secondary N) is 1. The number of methoxy groups -OCH3 is 1. The number of piperidine rings is 1. The number of rotatable bonds is 4. The average molecular weight is 237 g/mol. The Kier molecular flexibility index (Phi) is 7.74. The number of hydrogen-bond donors (Lipinski definition) is 1. The summed E-state index contributed by atoms with van der Waals surface area (Å²) in [6.07, 6.45) is 2.83. The van der Waals surface area contributed by atoms with Crippen LogP contribution in [0.3, 0.4) is 0 Å². The lowest BCUT2D eigenvalue weighted by atomic mass is 10.1. The van der Waals surface area contributed by atoms with E-state index in [-0.39, 0.29) is 18.4 Å². The van der Waals surface area contributed by atoms with E-state index in [9.17, 15) is 4.79 Å². The minimum absolute atomic E-state index is 0. The molecule has 0 bridgehead atoms. The first-order chi connectivity index (χ1) is 6.72. The summed E-state index contributed by atoms with van der Waals surface area (Å²) < 4.78 is 4.57.